The highest BCUT2D eigenvalue weighted by atomic mass is 16.2. The molecule has 1 fully saturated rings. The number of rotatable bonds is 2. The van der Waals surface area contributed by atoms with Gasteiger partial charge in [0, 0.05) is 51.5 Å². The summed E-state index contributed by atoms with van der Waals surface area (Å²) in [4.78, 5) is 30.2. The SMILES string of the molecule is CN(C)C(=O)N1CCN(C(=O)c2ccc3cc(-c4cccc(N)c4)ccc3c2)CC1. The predicted molar refractivity (Wildman–Crippen MR) is 120 cm³/mol. The zero-order valence-electron chi connectivity index (χ0n) is 17.3. The van der Waals surface area contributed by atoms with Gasteiger partial charge in [-0.3, -0.25) is 4.79 Å². The molecule has 30 heavy (non-hydrogen) atoms. The Hall–Kier alpha value is -3.54. The molecule has 6 nitrogen and oxygen atoms in total. The average molecular weight is 402 g/mol. The third kappa shape index (κ3) is 3.94. The number of nitrogen functional groups attached to an aromatic ring is 1. The van der Waals surface area contributed by atoms with Gasteiger partial charge in [0.25, 0.3) is 5.91 Å². The van der Waals surface area contributed by atoms with Crippen molar-refractivity contribution in [2.24, 2.45) is 0 Å². The van der Waals surface area contributed by atoms with E-state index in [-0.39, 0.29) is 11.9 Å². The van der Waals surface area contributed by atoms with Crippen LogP contribution in [0.2, 0.25) is 0 Å². The van der Waals surface area contributed by atoms with Crippen LogP contribution in [0.25, 0.3) is 21.9 Å². The lowest BCUT2D eigenvalue weighted by atomic mass is 9.99. The molecule has 3 aromatic rings. The molecule has 0 saturated carbocycles. The highest BCUT2D eigenvalue weighted by molar-refractivity contribution is 5.99. The van der Waals surface area contributed by atoms with Gasteiger partial charge in [0.05, 0.1) is 0 Å². The molecule has 3 aromatic carbocycles. The number of anilines is 1. The van der Waals surface area contributed by atoms with E-state index in [1.165, 1.54) is 0 Å². The van der Waals surface area contributed by atoms with E-state index >= 15 is 0 Å². The lowest BCUT2D eigenvalue weighted by Crippen LogP contribution is -2.52. The Kier molecular flexibility index (Phi) is 5.31. The number of piperazine rings is 1. The first-order chi connectivity index (χ1) is 14.4. The summed E-state index contributed by atoms with van der Waals surface area (Å²) < 4.78 is 0. The van der Waals surface area contributed by atoms with Crippen LogP contribution in [-0.4, -0.2) is 66.9 Å². The number of hydrogen-bond donors (Lipinski definition) is 1. The lowest BCUT2D eigenvalue weighted by Gasteiger charge is -2.36. The number of urea groups is 1. The van der Waals surface area contributed by atoms with Crippen molar-refractivity contribution in [3.8, 4) is 11.1 Å². The Bertz CT molecular complexity index is 1100. The van der Waals surface area contributed by atoms with Gasteiger partial charge < -0.3 is 20.4 Å². The molecule has 3 amide bonds. The van der Waals surface area contributed by atoms with Crippen molar-refractivity contribution in [1.29, 1.82) is 0 Å². The summed E-state index contributed by atoms with van der Waals surface area (Å²) in [6.45, 7) is 2.20. The van der Waals surface area contributed by atoms with Gasteiger partial charge in [0.2, 0.25) is 0 Å². The van der Waals surface area contributed by atoms with Crippen LogP contribution in [0, 0.1) is 0 Å². The van der Waals surface area contributed by atoms with Crippen molar-refractivity contribution < 1.29 is 9.59 Å². The Balaban J connectivity index is 1.50. The van der Waals surface area contributed by atoms with E-state index in [9.17, 15) is 9.59 Å². The smallest absolute Gasteiger partial charge is 0.319 e. The molecule has 0 aromatic heterocycles. The van der Waals surface area contributed by atoms with E-state index in [4.69, 9.17) is 5.73 Å². The molecule has 0 spiro atoms. The van der Waals surface area contributed by atoms with E-state index in [2.05, 4.69) is 12.1 Å². The maximum Gasteiger partial charge on any atom is 0.319 e. The molecule has 0 aliphatic carbocycles. The normalized spacial score (nSPS) is 14.1. The summed E-state index contributed by atoms with van der Waals surface area (Å²) in [5, 5.41) is 2.10. The van der Waals surface area contributed by atoms with Gasteiger partial charge in [0.15, 0.2) is 0 Å². The number of amides is 3. The van der Waals surface area contributed by atoms with Crippen molar-refractivity contribution >= 4 is 28.4 Å². The summed E-state index contributed by atoms with van der Waals surface area (Å²) in [5.41, 5.74) is 9.48. The summed E-state index contributed by atoms with van der Waals surface area (Å²) in [6, 6.07) is 19.8. The molecule has 2 N–H and O–H groups in total. The first-order valence-electron chi connectivity index (χ1n) is 10.1. The van der Waals surface area contributed by atoms with Crippen LogP contribution in [0.3, 0.4) is 0 Å². The second-order valence-corrected chi connectivity index (χ2v) is 7.86. The standard InChI is InChI=1S/C24H26N4O2/c1-26(2)24(30)28-12-10-27(11-13-28)23(29)21-9-8-19-14-18(6-7-20(19)15-21)17-4-3-5-22(25)16-17/h3-9,14-16H,10-13,25H2,1-2H3. The fraction of sp³-hybridized carbons (Fsp3) is 0.250. The summed E-state index contributed by atoms with van der Waals surface area (Å²) in [7, 11) is 3.49. The van der Waals surface area contributed by atoms with Gasteiger partial charge in [-0.1, -0.05) is 30.3 Å². The van der Waals surface area contributed by atoms with Crippen molar-refractivity contribution in [3.05, 3.63) is 66.2 Å². The zero-order valence-corrected chi connectivity index (χ0v) is 17.3. The Morgan fingerprint density at radius 2 is 1.43 bits per heavy atom. The van der Waals surface area contributed by atoms with E-state index in [1.54, 1.807) is 23.9 Å². The molecule has 154 valence electrons. The quantitative estimate of drug-likeness (QED) is 0.667. The molecule has 0 unspecified atom stereocenters. The number of nitrogens with zero attached hydrogens (tertiary/aromatic N) is 3. The number of benzene rings is 3. The molecule has 0 radical (unpaired) electrons. The molecule has 4 rings (SSSR count). The number of carbonyl (C=O) groups is 2. The number of nitrogens with two attached hydrogens (primary N) is 1. The average Bonchev–Trinajstić information content (AvgIpc) is 2.77. The second-order valence-electron chi connectivity index (χ2n) is 7.86. The third-order valence-electron chi connectivity index (χ3n) is 5.53. The van der Waals surface area contributed by atoms with Crippen LogP contribution in [0.15, 0.2) is 60.7 Å². The van der Waals surface area contributed by atoms with E-state index in [0.29, 0.717) is 31.7 Å². The van der Waals surface area contributed by atoms with Crippen molar-refractivity contribution in [2.45, 2.75) is 0 Å². The molecule has 1 saturated heterocycles. The van der Waals surface area contributed by atoms with Crippen LogP contribution in [0.4, 0.5) is 10.5 Å². The fourth-order valence-corrected chi connectivity index (χ4v) is 3.84. The highest BCUT2D eigenvalue weighted by Crippen LogP contribution is 2.27. The topological polar surface area (TPSA) is 69.9 Å². The first kappa shape index (κ1) is 19.8. The van der Waals surface area contributed by atoms with Gasteiger partial charge in [-0.15, -0.1) is 0 Å². The van der Waals surface area contributed by atoms with Crippen LogP contribution in [0.5, 0.6) is 0 Å². The Morgan fingerprint density at radius 1 is 0.800 bits per heavy atom. The molecule has 1 aliphatic heterocycles. The van der Waals surface area contributed by atoms with Crippen molar-refractivity contribution in [1.82, 2.24) is 14.7 Å². The first-order valence-corrected chi connectivity index (χ1v) is 10.1. The van der Waals surface area contributed by atoms with Crippen LogP contribution >= 0.6 is 0 Å². The summed E-state index contributed by atoms with van der Waals surface area (Å²) >= 11 is 0. The maximum atomic E-state index is 13.0. The Morgan fingerprint density at radius 3 is 2.13 bits per heavy atom. The number of hydrogen-bond acceptors (Lipinski definition) is 3. The van der Waals surface area contributed by atoms with Gasteiger partial charge in [-0.25, -0.2) is 4.79 Å². The minimum Gasteiger partial charge on any atom is -0.399 e. The highest BCUT2D eigenvalue weighted by Gasteiger charge is 2.25. The maximum absolute atomic E-state index is 13.0. The largest absolute Gasteiger partial charge is 0.399 e. The fourth-order valence-electron chi connectivity index (χ4n) is 3.84. The van der Waals surface area contributed by atoms with Gasteiger partial charge in [-0.05, 0) is 52.2 Å². The van der Waals surface area contributed by atoms with Crippen LogP contribution < -0.4 is 5.73 Å². The number of fused-ring (bicyclic) bond motifs is 1. The van der Waals surface area contributed by atoms with E-state index in [0.717, 1.165) is 27.6 Å². The molecule has 6 heteroatoms. The van der Waals surface area contributed by atoms with Gasteiger partial charge in [-0.2, -0.15) is 0 Å². The minimum atomic E-state index is -0.0104. The van der Waals surface area contributed by atoms with Crippen molar-refractivity contribution in [2.75, 3.05) is 46.0 Å². The minimum absolute atomic E-state index is 0.00811. The second kappa shape index (κ2) is 8.06. The van der Waals surface area contributed by atoms with E-state index < -0.39 is 0 Å². The number of carbonyl (C=O) groups excluding carboxylic acids is 2. The molecule has 0 bridgehead atoms. The summed E-state index contributed by atoms with van der Waals surface area (Å²) in [5.74, 6) is 0.00811. The van der Waals surface area contributed by atoms with Crippen LogP contribution in [0.1, 0.15) is 10.4 Å². The van der Waals surface area contributed by atoms with Crippen molar-refractivity contribution in [3.63, 3.8) is 0 Å². The molecular formula is C24H26N4O2. The Labute approximate surface area is 176 Å². The molecule has 1 aliphatic rings. The van der Waals surface area contributed by atoms with E-state index in [1.807, 2.05) is 53.4 Å². The lowest BCUT2D eigenvalue weighted by molar-refractivity contribution is 0.0650. The third-order valence-corrected chi connectivity index (χ3v) is 5.53. The van der Waals surface area contributed by atoms with Crippen LogP contribution in [-0.2, 0) is 0 Å². The predicted octanol–water partition coefficient (Wildman–Crippen LogP) is 3.53. The van der Waals surface area contributed by atoms with Gasteiger partial charge in [0.1, 0.15) is 0 Å². The monoisotopic (exact) mass is 402 g/mol. The zero-order chi connectivity index (χ0) is 21.3. The molecular weight excluding hydrogens is 376 g/mol. The van der Waals surface area contributed by atoms with Gasteiger partial charge >= 0.3 is 6.03 Å². The summed E-state index contributed by atoms with van der Waals surface area (Å²) in [6.07, 6.45) is 0. The molecule has 1 heterocycles. The molecule has 0 atom stereocenters.